The van der Waals surface area contributed by atoms with Crippen molar-refractivity contribution >= 4 is 11.3 Å². The van der Waals surface area contributed by atoms with Crippen LogP contribution in [0.3, 0.4) is 0 Å². The fourth-order valence-electron chi connectivity index (χ4n) is 1.82. The van der Waals surface area contributed by atoms with Crippen molar-refractivity contribution in [1.82, 2.24) is 4.90 Å². The summed E-state index contributed by atoms with van der Waals surface area (Å²) < 4.78 is 10.7. The molecule has 1 N–H and O–H groups in total. The minimum absolute atomic E-state index is 0.398. The molecule has 0 aromatic carbocycles. The Morgan fingerprint density at radius 3 is 3.00 bits per heavy atom. The summed E-state index contributed by atoms with van der Waals surface area (Å²) in [4.78, 5) is 3.41. The molecule has 1 unspecified atom stereocenters. The van der Waals surface area contributed by atoms with Gasteiger partial charge in [-0.3, -0.25) is 4.90 Å². The van der Waals surface area contributed by atoms with Crippen molar-refractivity contribution in [1.29, 1.82) is 0 Å². The third-order valence-corrected chi connectivity index (χ3v) is 3.56. The molecule has 2 heterocycles. The number of thiophene rings is 1. The fraction of sp³-hybridized carbons (Fsp3) is 0.667. The number of aliphatic hydroxyl groups excluding tert-OH is 1. The summed E-state index contributed by atoms with van der Waals surface area (Å²) in [6, 6.07) is 4.05. The van der Waals surface area contributed by atoms with Gasteiger partial charge in [0.25, 0.3) is 0 Å². The van der Waals surface area contributed by atoms with Crippen molar-refractivity contribution in [2.24, 2.45) is 0 Å². The molecule has 1 aliphatic rings. The molecule has 0 saturated carbocycles. The number of hydrogen-bond donors (Lipinski definition) is 1. The molecular weight excluding hydrogens is 238 g/mol. The quantitative estimate of drug-likeness (QED) is 0.824. The molecule has 2 rings (SSSR count). The van der Waals surface area contributed by atoms with Crippen LogP contribution in [0.15, 0.2) is 17.5 Å². The van der Waals surface area contributed by atoms with Crippen LogP contribution >= 0.6 is 11.3 Å². The molecule has 5 heteroatoms. The number of ether oxygens (including phenoxy) is 2. The summed E-state index contributed by atoms with van der Waals surface area (Å²) >= 11 is 1.68. The first kappa shape index (κ1) is 13.0. The maximum atomic E-state index is 9.83. The van der Waals surface area contributed by atoms with E-state index in [2.05, 4.69) is 4.90 Å². The monoisotopic (exact) mass is 257 g/mol. The SMILES string of the molecule is OC(COCc1cccs1)CN1CCOCC1. The molecule has 1 aromatic heterocycles. The average Bonchev–Trinajstić information content (AvgIpc) is 2.83. The summed E-state index contributed by atoms with van der Waals surface area (Å²) in [5, 5.41) is 11.9. The lowest BCUT2D eigenvalue weighted by Crippen LogP contribution is -2.42. The zero-order chi connectivity index (χ0) is 11.9. The van der Waals surface area contributed by atoms with E-state index in [4.69, 9.17) is 9.47 Å². The molecule has 17 heavy (non-hydrogen) atoms. The van der Waals surface area contributed by atoms with Crippen molar-refractivity contribution in [3.63, 3.8) is 0 Å². The second-order valence-electron chi connectivity index (χ2n) is 4.16. The van der Waals surface area contributed by atoms with Gasteiger partial charge in [0.05, 0.1) is 32.5 Å². The van der Waals surface area contributed by atoms with Gasteiger partial charge in [-0.2, -0.15) is 0 Å². The van der Waals surface area contributed by atoms with Crippen molar-refractivity contribution < 1.29 is 14.6 Å². The number of nitrogens with zero attached hydrogens (tertiary/aromatic N) is 1. The maximum absolute atomic E-state index is 9.83. The van der Waals surface area contributed by atoms with Crippen molar-refractivity contribution in [2.75, 3.05) is 39.5 Å². The lowest BCUT2D eigenvalue weighted by molar-refractivity contribution is -0.0171. The Kier molecular flexibility index (Phi) is 5.41. The molecule has 0 bridgehead atoms. The van der Waals surface area contributed by atoms with Crippen LogP contribution in [-0.2, 0) is 16.1 Å². The fourth-order valence-corrected chi connectivity index (χ4v) is 2.47. The average molecular weight is 257 g/mol. The molecule has 1 atom stereocenters. The lowest BCUT2D eigenvalue weighted by atomic mass is 10.3. The van der Waals surface area contributed by atoms with Gasteiger partial charge in [-0.05, 0) is 11.4 Å². The molecule has 1 saturated heterocycles. The Labute approximate surface area is 106 Å². The van der Waals surface area contributed by atoms with Crippen LogP contribution in [0, 0.1) is 0 Å². The highest BCUT2D eigenvalue weighted by Crippen LogP contribution is 2.09. The van der Waals surface area contributed by atoms with E-state index >= 15 is 0 Å². The Bertz CT molecular complexity index is 299. The Balaban J connectivity index is 1.58. The normalized spacial score (nSPS) is 19.4. The second-order valence-corrected chi connectivity index (χ2v) is 5.19. The first-order valence-electron chi connectivity index (χ1n) is 5.93. The Morgan fingerprint density at radius 2 is 2.29 bits per heavy atom. The van der Waals surface area contributed by atoms with E-state index in [1.54, 1.807) is 11.3 Å². The third kappa shape index (κ3) is 4.73. The van der Waals surface area contributed by atoms with Crippen molar-refractivity contribution in [2.45, 2.75) is 12.7 Å². The predicted molar refractivity (Wildman–Crippen MR) is 67.2 cm³/mol. The molecule has 1 aliphatic heterocycles. The van der Waals surface area contributed by atoms with E-state index in [1.165, 1.54) is 4.88 Å². The topological polar surface area (TPSA) is 41.9 Å². The van der Waals surface area contributed by atoms with Gasteiger partial charge in [0.15, 0.2) is 0 Å². The van der Waals surface area contributed by atoms with Gasteiger partial charge in [0, 0.05) is 24.5 Å². The summed E-state index contributed by atoms with van der Waals surface area (Å²) in [6.07, 6.45) is -0.409. The van der Waals surface area contributed by atoms with Gasteiger partial charge in [-0.15, -0.1) is 11.3 Å². The van der Waals surface area contributed by atoms with Gasteiger partial charge in [-0.25, -0.2) is 0 Å². The van der Waals surface area contributed by atoms with Crippen LogP contribution in [0.4, 0.5) is 0 Å². The van der Waals surface area contributed by atoms with Crippen LogP contribution in [0.25, 0.3) is 0 Å². The smallest absolute Gasteiger partial charge is 0.0900 e. The number of rotatable bonds is 6. The highest BCUT2D eigenvalue weighted by molar-refractivity contribution is 7.09. The van der Waals surface area contributed by atoms with Gasteiger partial charge < -0.3 is 14.6 Å². The molecule has 96 valence electrons. The van der Waals surface area contributed by atoms with Gasteiger partial charge in [0.2, 0.25) is 0 Å². The summed E-state index contributed by atoms with van der Waals surface area (Å²) in [6.45, 7) is 5.01. The first-order chi connectivity index (χ1) is 8.34. The number of morpholine rings is 1. The van der Waals surface area contributed by atoms with E-state index in [-0.39, 0.29) is 0 Å². The largest absolute Gasteiger partial charge is 0.389 e. The van der Waals surface area contributed by atoms with Crippen molar-refractivity contribution in [3.05, 3.63) is 22.4 Å². The van der Waals surface area contributed by atoms with E-state index < -0.39 is 6.10 Å². The maximum Gasteiger partial charge on any atom is 0.0900 e. The molecule has 1 fully saturated rings. The minimum atomic E-state index is -0.409. The third-order valence-electron chi connectivity index (χ3n) is 2.71. The number of aliphatic hydroxyl groups is 1. The predicted octanol–water partition coefficient (Wildman–Crippen LogP) is 0.958. The van der Waals surface area contributed by atoms with Crippen LogP contribution in [0.1, 0.15) is 4.88 Å². The zero-order valence-corrected chi connectivity index (χ0v) is 10.7. The summed E-state index contributed by atoms with van der Waals surface area (Å²) in [5.74, 6) is 0. The van der Waals surface area contributed by atoms with Crippen molar-refractivity contribution in [3.8, 4) is 0 Å². The van der Waals surface area contributed by atoms with Gasteiger partial charge in [0.1, 0.15) is 0 Å². The Hall–Kier alpha value is -0.460. The van der Waals surface area contributed by atoms with Gasteiger partial charge in [-0.1, -0.05) is 6.07 Å². The number of hydrogen-bond acceptors (Lipinski definition) is 5. The molecule has 0 radical (unpaired) electrons. The van der Waals surface area contributed by atoms with E-state index in [0.717, 1.165) is 26.3 Å². The lowest BCUT2D eigenvalue weighted by Gasteiger charge is -2.28. The molecule has 1 aromatic rings. The second kappa shape index (κ2) is 7.08. The van der Waals surface area contributed by atoms with Crippen LogP contribution in [0.2, 0.25) is 0 Å². The molecular formula is C12H19NO3S. The summed E-state index contributed by atoms with van der Waals surface area (Å²) in [5.41, 5.74) is 0. The summed E-state index contributed by atoms with van der Waals surface area (Å²) in [7, 11) is 0. The van der Waals surface area contributed by atoms with Crippen LogP contribution < -0.4 is 0 Å². The minimum Gasteiger partial charge on any atom is -0.389 e. The Morgan fingerprint density at radius 1 is 1.47 bits per heavy atom. The van der Waals surface area contributed by atoms with Gasteiger partial charge >= 0.3 is 0 Å². The molecule has 0 aliphatic carbocycles. The standard InChI is InChI=1S/C12H19NO3S/c14-11(8-13-3-5-15-6-4-13)9-16-10-12-2-1-7-17-12/h1-2,7,11,14H,3-6,8-10H2. The first-order valence-corrected chi connectivity index (χ1v) is 6.81. The van der Waals surface area contributed by atoms with E-state index in [0.29, 0.717) is 19.8 Å². The number of β-amino-alcohol motifs (C(OH)–C–C–N with tert-alkyl or cyclic N) is 1. The molecule has 0 spiro atoms. The highest BCUT2D eigenvalue weighted by atomic mass is 32.1. The molecule has 4 nitrogen and oxygen atoms in total. The molecule has 0 amide bonds. The van der Waals surface area contributed by atoms with Crippen LogP contribution in [0.5, 0.6) is 0 Å². The highest BCUT2D eigenvalue weighted by Gasteiger charge is 2.14. The zero-order valence-electron chi connectivity index (χ0n) is 9.88. The van der Waals surface area contributed by atoms with E-state index in [1.807, 2.05) is 17.5 Å². The van der Waals surface area contributed by atoms with Crippen LogP contribution in [-0.4, -0.2) is 55.6 Å². The van der Waals surface area contributed by atoms with E-state index in [9.17, 15) is 5.11 Å².